The van der Waals surface area contributed by atoms with Gasteiger partial charge in [-0.1, -0.05) is 11.6 Å². The molecule has 60 valence electrons. The third-order valence-electron chi connectivity index (χ3n) is 0.965. The van der Waals surface area contributed by atoms with E-state index in [4.69, 9.17) is 16.2 Å². The van der Waals surface area contributed by atoms with Crippen LogP contribution in [0.3, 0.4) is 0 Å². The summed E-state index contributed by atoms with van der Waals surface area (Å²) in [4.78, 5) is 3.38. The van der Waals surface area contributed by atoms with Crippen LogP contribution >= 0.6 is 11.6 Å². The Morgan fingerprint density at radius 3 is 2.45 bits per heavy atom. The van der Waals surface area contributed by atoms with Gasteiger partial charge in [-0.2, -0.15) is 8.42 Å². The fourth-order valence-electron chi connectivity index (χ4n) is 0.515. The van der Waals surface area contributed by atoms with Crippen molar-refractivity contribution in [3.05, 3.63) is 23.4 Å². The molecule has 1 aromatic rings. The van der Waals surface area contributed by atoms with E-state index in [0.29, 0.717) is 5.02 Å². The van der Waals surface area contributed by atoms with E-state index in [9.17, 15) is 8.42 Å². The number of nitrogens with zero attached hydrogens (tertiary/aromatic N) is 1. The van der Waals surface area contributed by atoms with E-state index >= 15 is 0 Å². The van der Waals surface area contributed by atoms with E-state index < -0.39 is 15.1 Å². The molecular weight excluding hydrogens is 190 g/mol. The minimum absolute atomic E-state index is 0.317. The average Bonchev–Trinajstić information content (AvgIpc) is 1.86. The second-order valence-electron chi connectivity index (χ2n) is 1.79. The van der Waals surface area contributed by atoms with Crippen LogP contribution in [0.1, 0.15) is 0 Å². The molecule has 1 N–H and O–H groups in total. The predicted molar refractivity (Wildman–Crippen MR) is 39.1 cm³/mol. The zero-order valence-corrected chi connectivity index (χ0v) is 6.80. The molecule has 11 heavy (non-hydrogen) atoms. The van der Waals surface area contributed by atoms with Gasteiger partial charge in [-0.3, -0.25) is 4.55 Å². The van der Waals surface area contributed by atoms with Gasteiger partial charge in [0.1, 0.15) is 0 Å². The molecular formula is C5H4ClNO3S. The van der Waals surface area contributed by atoms with Crippen molar-refractivity contribution in [1.29, 1.82) is 0 Å². The van der Waals surface area contributed by atoms with E-state index in [-0.39, 0.29) is 0 Å². The molecule has 0 atom stereocenters. The molecule has 0 aliphatic heterocycles. The lowest BCUT2D eigenvalue weighted by Crippen LogP contribution is -1.99. The molecule has 0 aliphatic rings. The Bertz CT molecular complexity index is 344. The topological polar surface area (TPSA) is 67.3 Å². The van der Waals surface area contributed by atoms with Crippen LogP contribution in [0, 0.1) is 0 Å². The van der Waals surface area contributed by atoms with E-state index in [1.54, 1.807) is 0 Å². The van der Waals surface area contributed by atoms with Crippen LogP contribution in [0.15, 0.2) is 23.4 Å². The summed E-state index contributed by atoms with van der Waals surface area (Å²) in [5, 5.41) is -0.0840. The van der Waals surface area contributed by atoms with E-state index in [1.165, 1.54) is 6.07 Å². The Hall–Kier alpha value is -0.650. The normalized spacial score (nSPS) is 11.5. The van der Waals surface area contributed by atoms with Crippen molar-refractivity contribution in [3.8, 4) is 0 Å². The van der Waals surface area contributed by atoms with Crippen LogP contribution in [0.5, 0.6) is 0 Å². The largest absolute Gasteiger partial charge is 0.312 e. The molecule has 0 fully saturated rings. The number of halogens is 1. The van der Waals surface area contributed by atoms with Crippen molar-refractivity contribution in [2.75, 3.05) is 0 Å². The minimum Gasteiger partial charge on any atom is -0.281 e. The first-order valence-corrected chi connectivity index (χ1v) is 4.41. The second-order valence-corrected chi connectivity index (χ2v) is 3.59. The third-order valence-corrected chi connectivity index (χ3v) is 1.96. The Morgan fingerprint density at radius 2 is 2.09 bits per heavy atom. The number of pyridine rings is 1. The zero-order valence-electron chi connectivity index (χ0n) is 5.23. The van der Waals surface area contributed by atoms with Gasteiger partial charge in [0.15, 0.2) is 5.03 Å². The molecule has 1 aromatic heterocycles. The Kier molecular flexibility index (Phi) is 2.12. The van der Waals surface area contributed by atoms with Crippen LogP contribution in [-0.2, 0) is 10.1 Å². The highest BCUT2D eigenvalue weighted by molar-refractivity contribution is 7.85. The first kappa shape index (κ1) is 8.45. The molecule has 0 spiro atoms. The van der Waals surface area contributed by atoms with Gasteiger partial charge in [0, 0.05) is 6.20 Å². The second kappa shape index (κ2) is 2.77. The van der Waals surface area contributed by atoms with Gasteiger partial charge in [0.25, 0.3) is 0 Å². The molecule has 0 aliphatic carbocycles. The molecule has 0 radical (unpaired) electrons. The molecule has 0 amide bonds. The minimum atomic E-state index is -4.19. The smallest absolute Gasteiger partial charge is 0.281 e. The van der Waals surface area contributed by atoms with Gasteiger partial charge in [-0.05, 0) is 12.1 Å². The molecule has 0 unspecified atom stereocenters. The molecule has 4 nitrogen and oxygen atoms in total. The van der Waals surface area contributed by atoms with E-state index in [1.807, 2.05) is 0 Å². The van der Waals surface area contributed by atoms with Crippen molar-refractivity contribution < 1.29 is 13.0 Å². The number of hydrogen-bond donors (Lipinski definition) is 1. The SMILES string of the molecule is O=S(=O)(O)c1ccc(Cl)cn1. The highest BCUT2D eigenvalue weighted by Gasteiger charge is 2.09. The van der Waals surface area contributed by atoms with Gasteiger partial charge in [-0.15, -0.1) is 0 Å². The monoisotopic (exact) mass is 193 g/mol. The van der Waals surface area contributed by atoms with E-state index in [2.05, 4.69) is 4.98 Å². The van der Waals surface area contributed by atoms with Crippen LogP contribution in [0.2, 0.25) is 5.02 Å². The summed E-state index contributed by atoms with van der Waals surface area (Å²) in [7, 11) is -4.19. The maximum atomic E-state index is 10.4. The van der Waals surface area contributed by atoms with Crippen molar-refractivity contribution in [2.45, 2.75) is 5.03 Å². The van der Waals surface area contributed by atoms with Gasteiger partial charge in [-0.25, -0.2) is 4.98 Å². The van der Waals surface area contributed by atoms with Crippen molar-refractivity contribution in [1.82, 2.24) is 4.98 Å². The molecule has 0 saturated heterocycles. The Morgan fingerprint density at radius 1 is 1.45 bits per heavy atom. The van der Waals surface area contributed by atoms with Crippen molar-refractivity contribution >= 4 is 21.7 Å². The standard InChI is InChI=1S/C5H4ClNO3S/c6-4-1-2-5(7-3-4)11(8,9)10/h1-3H,(H,8,9,10). The number of rotatable bonds is 1. The van der Waals surface area contributed by atoms with Gasteiger partial charge in [0.2, 0.25) is 0 Å². The predicted octanol–water partition coefficient (Wildman–Crippen LogP) is 0.982. The molecule has 0 saturated carbocycles. The third kappa shape index (κ3) is 2.14. The Labute approximate surface area is 68.6 Å². The van der Waals surface area contributed by atoms with Crippen molar-refractivity contribution in [2.24, 2.45) is 0 Å². The lowest BCUT2D eigenvalue weighted by molar-refractivity contribution is 0.479. The van der Waals surface area contributed by atoms with Crippen molar-refractivity contribution in [3.63, 3.8) is 0 Å². The van der Waals surface area contributed by atoms with Gasteiger partial charge in [0.05, 0.1) is 5.02 Å². The van der Waals surface area contributed by atoms with Gasteiger partial charge < -0.3 is 0 Å². The summed E-state index contributed by atoms with van der Waals surface area (Å²) in [6, 6.07) is 2.45. The lowest BCUT2D eigenvalue weighted by Gasteiger charge is -1.93. The van der Waals surface area contributed by atoms with E-state index in [0.717, 1.165) is 12.3 Å². The first-order valence-electron chi connectivity index (χ1n) is 2.59. The lowest BCUT2D eigenvalue weighted by atomic mass is 10.5. The first-order chi connectivity index (χ1) is 5.00. The van der Waals surface area contributed by atoms with Crippen LogP contribution < -0.4 is 0 Å². The maximum Gasteiger partial charge on any atom is 0.312 e. The summed E-state index contributed by atoms with van der Waals surface area (Å²) in [6.45, 7) is 0. The average molecular weight is 194 g/mol. The molecule has 6 heteroatoms. The summed E-state index contributed by atoms with van der Waals surface area (Å²) in [6.07, 6.45) is 1.14. The van der Waals surface area contributed by atoms with Gasteiger partial charge >= 0.3 is 10.1 Å². The molecule has 1 heterocycles. The number of aromatic nitrogens is 1. The van der Waals surface area contributed by atoms with Crippen LogP contribution in [-0.4, -0.2) is 18.0 Å². The molecule has 0 bridgehead atoms. The highest BCUT2D eigenvalue weighted by Crippen LogP contribution is 2.09. The van der Waals surface area contributed by atoms with Crippen LogP contribution in [0.25, 0.3) is 0 Å². The summed E-state index contributed by atoms with van der Waals surface area (Å²) in [5.41, 5.74) is 0. The summed E-state index contributed by atoms with van der Waals surface area (Å²) >= 11 is 5.42. The number of hydrogen-bond acceptors (Lipinski definition) is 3. The Balaban J connectivity index is 3.20. The fraction of sp³-hybridized carbons (Fsp3) is 0. The quantitative estimate of drug-likeness (QED) is 0.676. The molecule has 0 aromatic carbocycles. The zero-order chi connectivity index (χ0) is 8.48. The maximum absolute atomic E-state index is 10.4. The summed E-state index contributed by atoms with van der Waals surface area (Å²) < 4.78 is 29.2. The molecule has 1 rings (SSSR count). The fourth-order valence-corrected chi connectivity index (χ4v) is 1.05. The highest BCUT2D eigenvalue weighted by atomic mass is 35.5. The summed E-state index contributed by atoms with van der Waals surface area (Å²) in [5.74, 6) is 0. The van der Waals surface area contributed by atoms with Crippen LogP contribution in [0.4, 0.5) is 0 Å².